The summed E-state index contributed by atoms with van der Waals surface area (Å²) in [6, 6.07) is 21.2. The van der Waals surface area contributed by atoms with E-state index in [9.17, 15) is 9.59 Å². The number of aromatic nitrogens is 1. The van der Waals surface area contributed by atoms with Gasteiger partial charge < -0.3 is 9.47 Å². The van der Waals surface area contributed by atoms with Crippen molar-refractivity contribution >= 4 is 11.8 Å². The Morgan fingerprint density at radius 2 is 1.58 bits per heavy atom. The van der Waals surface area contributed by atoms with Crippen LogP contribution in [0.2, 0.25) is 0 Å². The van der Waals surface area contributed by atoms with E-state index < -0.39 is 5.97 Å². The van der Waals surface area contributed by atoms with E-state index in [4.69, 9.17) is 9.47 Å². The molecule has 0 saturated heterocycles. The average Bonchev–Trinajstić information content (AvgIpc) is 2.68. The van der Waals surface area contributed by atoms with Gasteiger partial charge >= 0.3 is 5.97 Å². The molecule has 2 aromatic carbocycles. The van der Waals surface area contributed by atoms with Crippen molar-refractivity contribution in [2.24, 2.45) is 0 Å². The van der Waals surface area contributed by atoms with Crippen LogP contribution in [0.15, 0.2) is 79.0 Å². The fourth-order valence-electron chi connectivity index (χ4n) is 2.26. The van der Waals surface area contributed by atoms with E-state index in [0.717, 1.165) is 5.56 Å². The monoisotopic (exact) mass is 347 g/mol. The lowest BCUT2D eigenvalue weighted by molar-refractivity contribution is -0.143. The number of hydrogen-bond donors (Lipinski definition) is 0. The predicted molar refractivity (Wildman–Crippen MR) is 95.9 cm³/mol. The molecule has 26 heavy (non-hydrogen) atoms. The smallest absolute Gasteiger partial charge is 0.314 e. The van der Waals surface area contributed by atoms with Crippen molar-refractivity contribution in [3.05, 3.63) is 90.1 Å². The van der Waals surface area contributed by atoms with Gasteiger partial charge in [0, 0.05) is 17.8 Å². The molecule has 5 heteroatoms. The summed E-state index contributed by atoms with van der Waals surface area (Å²) >= 11 is 0. The van der Waals surface area contributed by atoms with Gasteiger partial charge in [-0.3, -0.25) is 9.59 Å². The van der Waals surface area contributed by atoms with Crippen LogP contribution in [0.4, 0.5) is 0 Å². The van der Waals surface area contributed by atoms with E-state index in [1.165, 1.54) is 0 Å². The van der Waals surface area contributed by atoms with Crippen molar-refractivity contribution < 1.29 is 19.1 Å². The molecule has 0 radical (unpaired) electrons. The largest absolute Gasteiger partial charge is 0.460 e. The number of esters is 1. The first-order valence-corrected chi connectivity index (χ1v) is 8.12. The molecule has 0 spiro atoms. The summed E-state index contributed by atoms with van der Waals surface area (Å²) in [6.07, 6.45) is 1.33. The fraction of sp³-hybridized carbons (Fsp3) is 0.0952. The van der Waals surface area contributed by atoms with Crippen LogP contribution >= 0.6 is 0 Å². The first-order valence-electron chi connectivity index (χ1n) is 8.12. The number of carbonyl (C=O) groups is 2. The molecule has 1 heterocycles. The Labute approximate surface area is 151 Å². The molecule has 0 aliphatic rings. The first-order chi connectivity index (χ1) is 12.7. The summed E-state index contributed by atoms with van der Waals surface area (Å²) < 4.78 is 10.7. The maximum atomic E-state index is 12.2. The minimum Gasteiger partial charge on any atom is -0.460 e. The molecule has 0 saturated carbocycles. The van der Waals surface area contributed by atoms with Gasteiger partial charge in [-0.15, -0.1) is 0 Å². The quantitative estimate of drug-likeness (QED) is 0.364. The Kier molecular flexibility index (Phi) is 5.72. The van der Waals surface area contributed by atoms with Crippen molar-refractivity contribution in [2.75, 3.05) is 0 Å². The molecule has 0 unspecified atom stereocenters. The second-order valence-corrected chi connectivity index (χ2v) is 5.54. The van der Waals surface area contributed by atoms with Gasteiger partial charge in [0.25, 0.3) is 0 Å². The number of pyridine rings is 1. The lowest BCUT2D eigenvalue weighted by atomic mass is 10.1. The van der Waals surface area contributed by atoms with E-state index in [1.807, 2.05) is 36.4 Å². The molecule has 0 bridgehead atoms. The molecule has 0 aliphatic carbocycles. The predicted octanol–water partition coefficient (Wildman–Crippen LogP) is 4.19. The summed E-state index contributed by atoms with van der Waals surface area (Å²) in [7, 11) is 0. The molecule has 0 aliphatic heterocycles. The fourth-order valence-corrected chi connectivity index (χ4v) is 2.26. The summed E-state index contributed by atoms with van der Waals surface area (Å²) in [6.45, 7) is 0.157. The van der Waals surface area contributed by atoms with Crippen LogP contribution in [-0.4, -0.2) is 16.7 Å². The zero-order valence-electron chi connectivity index (χ0n) is 14.0. The van der Waals surface area contributed by atoms with Gasteiger partial charge in [-0.1, -0.05) is 36.4 Å². The summed E-state index contributed by atoms with van der Waals surface area (Å²) in [5.74, 6) is 0.183. The highest BCUT2D eigenvalue weighted by atomic mass is 16.5. The van der Waals surface area contributed by atoms with Gasteiger partial charge in [-0.25, -0.2) is 4.98 Å². The van der Waals surface area contributed by atoms with Gasteiger partial charge in [0.2, 0.25) is 5.88 Å². The van der Waals surface area contributed by atoms with Crippen LogP contribution in [0.1, 0.15) is 22.3 Å². The van der Waals surface area contributed by atoms with Crippen molar-refractivity contribution in [1.29, 1.82) is 0 Å². The number of Topliss-reactive ketones (excluding diaryl/α,β-unsaturated/α-hetero) is 1. The molecule has 130 valence electrons. The molecule has 5 nitrogen and oxygen atoms in total. The Morgan fingerprint density at radius 3 is 2.27 bits per heavy atom. The van der Waals surface area contributed by atoms with Crippen LogP contribution in [0.25, 0.3) is 0 Å². The number of hydrogen-bond acceptors (Lipinski definition) is 5. The third-order valence-corrected chi connectivity index (χ3v) is 3.58. The minimum atomic E-state index is -0.548. The highest BCUT2D eigenvalue weighted by Crippen LogP contribution is 2.19. The zero-order valence-corrected chi connectivity index (χ0v) is 14.0. The maximum Gasteiger partial charge on any atom is 0.314 e. The van der Waals surface area contributed by atoms with Crippen molar-refractivity contribution in [1.82, 2.24) is 4.98 Å². The SMILES string of the molecule is O=C(CC(=O)c1ccc(Oc2ccccn2)cc1)OCc1ccccc1. The topological polar surface area (TPSA) is 65.5 Å². The molecular weight excluding hydrogens is 330 g/mol. The van der Waals surface area contributed by atoms with Gasteiger partial charge in [0.1, 0.15) is 18.8 Å². The summed E-state index contributed by atoms with van der Waals surface area (Å²) in [5, 5.41) is 0. The molecule has 1 aromatic heterocycles. The Morgan fingerprint density at radius 1 is 0.846 bits per heavy atom. The molecule has 0 fully saturated rings. The molecule has 0 N–H and O–H groups in total. The number of ketones is 1. The van der Waals surface area contributed by atoms with Crippen molar-refractivity contribution in [2.45, 2.75) is 13.0 Å². The van der Waals surface area contributed by atoms with Gasteiger partial charge in [-0.2, -0.15) is 0 Å². The normalized spacial score (nSPS) is 10.2. The molecule has 0 amide bonds. The van der Waals surface area contributed by atoms with Crippen LogP contribution in [0.3, 0.4) is 0 Å². The number of nitrogens with zero attached hydrogens (tertiary/aromatic N) is 1. The first kappa shape index (κ1) is 17.4. The van der Waals surface area contributed by atoms with Crippen LogP contribution in [0, 0.1) is 0 Å². The summed E-state index contributed by atoms with van der Waals surface area (Å²) in [5.41, 5.74) is 1.30. The van der Waals surface area contributed by atoms with Gasteiger partial charge in [-0.05, 0) is 35.9 Å². The second kappa shape index (κ2) is 8.58. The Bertz CT molecular complexity index is 862. The van der Waals surface area contributed by atoms with E-state index in [2.05, 4.69) is 4.98 Å². The lowest BCUT2D eigenvalue weighted by Gasteiger charge is -2.06. The van der Waals surface area contributed by atoms with Crippen LogP contribution < -0.4 is 4.74 Å². The maximum absolute atomic E-state index is 12.2. The molecular formula is C21H17NO4. The van der Waals surface area contributed by atoms with Gasteiger partial charge in [0.15, 0.2) is 5.78 Å². The van der Waals surface area contributed by atoms with Crippen molar-refractivity contribution in [3.63, 3.8) is 0 Å². The standard InChI is InChI=1S/C21H17NO4/c23-19(14-21(24)25-15-16-6-2-1-3-7-16)17-9-11-18(12-10-17)26-20-8-4-5-13-22-20/h1-13H,14-15H2. The molecule has 3 rings (SSSR count). The average molecular weight is 347 g/mol. The minimum absolute atomic E-state index is 0.157. The number of carbonyl (C=O) groups excluding carboxylic acids is 2. The van der Waals surface area contributed by atoms with Crippen molar-refractivity contribution in [3.8, 4) is 11.6 Å². The number of rotatable bonds is 7. The van der Waals surface area contributed by atoms with E-state index >= 15 is 0 Å². The highest BCUT2D eigenvalue weighted by Gasteiger charge is 2.13. The Hall–Kier alpha value is -3.47. The highest BCUT2D eigenvalue weighted by molar-refractivity contribution is 6.05. The number of benzene rings is 2. The van der Waals surface area contributed by atoms with Gasteiger partial charge in [0.05, 0.1) is 0 Å². The number of ether oxygens (including phenoxy) is 2. The third-order valence-electron chi connectivity index (χ3n) is 3.58. The zero-order chi connectivity index (χ0) is 18.2. The van der Waals surface area contributed by atoms with E-state index in [1.54, 1.807) is 42.6 Å². The van der Waals surface area contributed by atoms with Crippen LogP contribution in [0.5, 0.6) is 11.6 Å². The molecule has 3 aromatic rings. The van der Waals surface area contributed by atoms with E-state index in [0.29, 0.717) is 17.2 Å². The summed E-state index contributed by atoms with van der Waals surface area (Å²) in [4.78, 5) is 28.1. The Balaban J connectivity index is 1.52. The molecule has 0 atom stereocenters. The lowest BCUT2D eigenvalue weighted by Crippen LogP contribution is -2.11. The van der Waals surface area contributed by atoms with Crippen LogP contribution in [-0.2, 0) is 16.1 Å². The third kappa shape index (κ3) is 5.01. The second-order valence-electron chi connectivity index (χ2n) is 5.54. The van der Waals surface area contributed by atoms with E-state index in [-0.39, 0.29) is 18.8 Å².